The Morgan fingerprint density at radius 2 is 1.69 bits per heavy atom. The van der Waals surface area contributed by atoms with Gasteiger partial charge in [0, 0.05) is 19.0 Å². The molecule has 2 aromatic carbocycles. The molecule has 0 aliphatic heterocycles. The maximum Gasteiger partial charge on any atom is 0.242 e. The second-order valence-corrected chi connectivity index (χ2v) is 9.08. The van der Waals surface area contributed by atoms with E-state index in [1.54, 1.807) is 26.2 Å². The number of carbonyl (C=O) groups is 2. The summed E-state index contributed by atoms with van der Waals surface area (Å²) in [6.07, 6.45) is 6.31. The number of amides is 2. The maximum atomic E-state index is 13.4. The van der Waals surface area contributed by atoms with E-state index >= 15 is 0 Å². The lowest BCUT2D eigenvalue weighted by atomic mass is 9.95. The van der Waals surface area contributed by atoms with Crippen LogP contribution < -0.4 is 19.5 Å². The fourth-order valence-electron chi connectivity index (χ4n) is 4.55. The van der Waals surface area contributed by atoms with Gasteiger partial charge in [0.1, 0.15) is 11.8 Å². The zero-order chi connectivity index (χ0) is 25.2. The monoisotopic (exact) mass is 482 g/mol. The molecule has 0 spiro atoms. The highest BCUT2D eigenvalue weighted by atomic mass is 16.5. The summed E-state index contributed by atoms with van der Waals surface area (Å²) >= 11 is 0. The Kier molecular flexibility index (Phi) is 9.82. The van der Waals surface area contributed by atoms with Gasteiger partial charge in [0.15, 0.2) is 11.5 Å². The number of aryl methyl sites for hydroxylation is 1. The molecule has 2 amide bonds. The molecule has 1 N–H and O–H groups in total. The highest BCUT2D eigenvalue weighted by Gasteiger charge is 2.28. The van der Waals surface area contributed by atoms with E-state index in [2.05, 4.69) is 5.32 Å². The number of hydrogen-bond donors (Lipinski definition) is 1. The van der Waals surface area contributed by atoms with Crippen LogP contribution in [-0.4, -0.2) is 50.1 Å². The van der Waals surface area contributed by atoms with E-state index in [9.17, 15) is 9.59 Å². The molecule has 0 radical (unpaired) electrons. The standard InChI is InChI=1S/C28H38N2O5/c1-20(28(32)29-23-10-6-5-7-11-23)30(19-22-9-8-12-24(17-22)33-2)27(31)16-14-21-13-15-25(34-3)26(18-21)35-4/h8-9,12-13,15,17-18,20,23H,5-7,10-11,14,16,19H2,1-4H3,(H,29,32). The van der Waals surface area contributed by atoms with Crippen LogP contribution in [0.25, 0.3) is 0 Å². The van der Waals surface area contributed by atoms with Crippen LogP contribution in [0.4, 0.5) is 0 Å². The van der Waals surface area contributed by atoms with Crippen LogP contribution in [0.15, 0.2) is 42.5 Å². The lowest BCUT2D eigenvalue weighted by Crippen LogP contribution is -2.50. The minimum Gasteiger partial charge on any atom is -0.497 e. The fraction of sp³-hybridized carbons (Fsp3) is 0.500. The molecule has 35 heavy (non-hydrogen) atoms. The van der Waals surface area contributed by atoms with Gasteiger partial charge in [-0.1, -0.05) is 37.5 Å². The lowest BCUT2D eigenvalue weighted by Gasteiger charge is -2.31. The first-order chi connectivity index (χ1) is 16.9. The summed E-state index contributed by atoms with van der Waals surface area (Å²) in [5.74, 6) is 1.83. The van der Waals surface area contributed by atoms with E-state index in [1.165, 1.54) is 6.42 Å². The number of carbonyl (C=O) groups excluding carboxylic acids is 2. The van der Waals surface area contributed by atoms with Crippen LogP contribution in [0.2, 0.25) is 0 Å². The van der Waals surface area contributed by atoms with E-state index in [1.807, 2.05) is 49.4 Å². The first-order valence-electron chi connectivity index (χ1n) is 12.4. The van der Waals surface area contributed by atoms with Gasteiger partial charge in [0.25, 0.3) is 0 Å². The molecule has 1 fully saturated rings. The van der Waals surface area contributed by atoms with Gasteiger partial charge in [-0.15, -0.1) is 0 Å². The Bertz CT molecular complexity index is 987. The first-order valence-corrected chi connectivity index (χ1v) is 12.4. The summed E-state index contributed by atoms with van der Waals surface area (Å²) in [6, 6.07) is 12.9. The van der Waals surface area contributed by atoms with Crippen LogP contribution in [0, 0.1) is 0 Å². The molecule has 3 rings (SSSR count). The molecule has 1 saturated carbocycles. The molecule has 1 unspecified atom stereocenters. The third-order valence-corrected chi connectivity index (χ3v) is 6.68. The van der Waals surface area contributed by atoms with Crippen molar-refractivity contribution in [1.29, 1.82) is 0 Å². The molecule has 1 aliphatic rings. The van der Waals surface area contributed by atoms with Gasteiger partial charge in [0.05, 0.1) is 21.3 Å². The van der Waals surface area contributed by atoms with E-state index in [4.69, 9.17) is 14.2 Å². The highest BCUT2D eigenvalue weighted by molar-refractivity contribution is 5.87. The van der Waals surface area contributed by atoms with E-state index in [0.717, 1.165) is 42.6 Å². The minimum atomic E-state index is -0.582. The molecular formula is C28H38N2O5. The fourth-order valence-corrected chi connectivity index (χ4v) is 4.55. The average molecular weight is 483 g/mol. The Labute approximate surface area is 208 Å². The summed E-state index contributed by atoms with van der Waals surface area (Å²) in [6.45, 7) is 2.15. The van der Waals surface area contributed by atoms with Crippen LogP contribution in [0.5, 0.6) is 17.2 Å². The van der Waals surface area contributed by atoms with Crippen molar-refractivity contribution >= 4 is 11.8 Å². The van der Waals surface area contributed by atoms with Crippen LogP contribution in [0.3, 0.4) is 0 Å². The quantitative estimate of drug-likeness (QED) is 0.510. The largest absolute Gasteiger partial charge is 0.497 e. The van der Waals surface area contributed by atoms with Gasteiger partial charge >= 0.3 is 0 Å². The Morgan fingerprint density at radius 3 is 2.37 bits per heavy atom. The highest BCUT2D eigenvalue weighted by Crippen LogP contribution is 2.28. The molecule has 1 aliphatic carbocycles. The number of hydrogen-bond acceptors (Lipinski definition) is 5. The lowest BCUT2D eigenvalue weighted by molar-refractivity contribution is -0.141. The van der Waals surface area contributed by atoms with Gasteiger partial charge in [-0.25, -0.2) is 0 Å². The second-order valence-electron chi connectivity index (χ2n) is 9.08. The van der Waals surface area contributed by atoms with Gasteiger partial charge in [-0.3, -0.25) is 9.59 Å². The third kappa shape index (κ3) is 7.38. The average Bonchev–Trinajstić information content (AvgIpc) is 2.90. The normalized spacial score (nSPS) is 14.6. The number of nitrogens with zero attached hydrogens (tertiary/aromatic N) is 1. The molecule has 190 valence electrons. The number of nitrogens with one attached hydrogen (secondary N) is 1. The van der Waals surface area contributed by atoms with Crippen molar-refractivity contribution in [1.82, 2.24) is 10.2 Å². The molecule has 0 aromatic heterocycles. The summed E-state index contributed by atoms with van der Waals surface area (Å²) in [4.78, 5) is 28.3. The molecule has 7 heteroatoms. The van der Waals surface area contributed by atoms with Crippen LogP contribution in [-0.2, 0) is 22.6 Å². The number of methoxy groups -OCH3 is 3. The van der Waals surface area contributed by atoms with Crippen molar-refractivity contribution < 1.29 is 23.8 Å². The third-order valence-electron chi connectivity index (χ3n) is 6.68. The number of rotatable bonds is 11. The second kappa shape index (κ2) is 13.0. The SMILES string of the molecule is COc1cccc(CN(C(=O)CCc2ccc(OC)c(OC)c2)C(C)C(=O)NC2CCCCC2)c1. The summed E-state index contributed by atoms with van der Waals surface area (Å²) in [7, 11) is 4.80. The van der Waals surface area contributed by atoms with Gasteiger partial charge in [-0.05, 0) is 61.6 Å². The molecule has 0 bridgehead atoms. The number of ether oxygens (including phenoxy) is 3. The first kappa shape index (κ1) is 26.4. The van der Waals surface area contributed by atoms with Crippen molar-refractivity contribution in [3.8, 4) is 17.2 Å². The Morgan fingerprint density at radius 1 is 0.943 bits per heavy atom. The predicted molar refractivity (Wildman–Crippen MR) is 136 cm³/mol. The molecule has 2 aromatic rings. The van der Waals surface area contributed by atoms with E-state index in [-0.39, 0.29) is 24.3 Å². The predicted octanol–water partition coefficient (Wildman–Crippen LogP) is 4.51. The summed E-state index contributed by atoms with van der Waals surface area (Å²) in [5.41, 5.74) is 1.89. The Balaban J connectivity index is 1.74. The summed E-state index contributed by atoms with van der Waals surface area (Å²) < 4.78 is 16.0. The van der Waals surface area contributed by atoms with Crippen LogP contribution >= 0.6 is 0 Å². The van der Waals surface area contributed by atoms with Crippen molar-refractivity contribution in [3.05, 3.63) is 53.6 Å². The molecule has 1 atom stereocenters. The minimum absolute atomic E-state index is 0.0751. The van der Waals surface area contributed by atoms with Crippen molar-refractivity contribution in [2.24, 2.45) is 0 Å². The molecule has 0 saturated heterocycles. The van der Waals surface area contributed by atoms with E-state index < -0.39 is 6.04 Å². The van der Waals surface area contributed by atoms with Gasteiger partial charge in [0.2, 0.25) is 11.8 Å². The molecule has 7 nitrogen and oxygen atoms in total. The molecule has 0 heterocycles. The van der Waals surface area contributed by atoms with E-state index in [0.29, 0.717) is 24.5 Å². The zero-order valence-corrected chi connectivity index (χ0v) is 21.3. The van der Waals surface area contributed by atoms with Crippen LogP contribution in [0.1, 0.15) is 56.6 Å². The van der Waals surface area contributed by atoms with Gasteiger partial charge in [-0.2, -0.15) is 0 Å². The molecular weight excluding hydrogens is 444 g/mol. The number of benzene rings is 2. The van der Waals surface area contributed by atoms with Gasteiger partial charge < -0.3 is 24.4 Å². The zero-order valence-electron chi connectivity index (χ0n) is 21.3. The topological polar surface area (TPSA) is 77.1 Å². The van der Waals surface area contributed by atoms with Crippen molar-refractivity contribution in [2.75, 3.05) is 21.3 Å². The maximum absolute atomic E-state index is 13.4. The Hall–Kier alpha value is -3.22. The van der Waals surface area contributed by atoms with Crippen molar-refractivity contribution in [3.63, 3.8) is 0 Å². The summed E-state index contributed by atoms with van der Waals surface area (Å²) in [5, 5.41) is 3.18. The smallest absolute Gasteiger partial charge is 0.242 e. The van der Waals surface area contributed by atoms with Crippen molar-refractivity contribution in [2.45, 2.75) is 70.5 Å².